The number of nitrogens with one attached hydrogen (secondary N) is 6. The molecule has 9 heteroatoms. The molecule has 0 atom stereocenters. The van der Waals surface area contributed by atoms with E-state index in [1.807, 2.05) is 36.4 Å². The summed E-state index contributed by atoms with van der Waals surface area (Å²) in [5.74, 6) is -0.287. The monoisotopic (exact) mass is 492 g/mol. The number of rotatable bonds is 9. The van der Waals surface area contributed by atoms with E-state index < -0.39 is 0 Å². The molecule has 0 aliphatic heterocycles. The lowest BCUT2D eigenvalue weighted by Crippen LogP contribution is -2.47. The Balaban J connectivity index is 1.31. The Labute approximate surface area is 210 Å². The second kappa shape index (κ2) is 13.8. The van der Waals surface area contributed by atoms with Gasteiger partial charge in [0.15, 0.2) is 10.2 Å². The van der Waals surface area contributed by atoms with E-state index >= 15 is 0 Å². The van der Waals surface area contributed by atoms with Crippen LogP contribution in [0.3, 0.4) is 0 Å². The molecule has 0 fully saturated rings. The summed E-state index contributed by atoms with van der Waals surface area (Å²) in [5, 5.41) is 7.07. The lowest BCUT2D eigenvalue weighted by molar-refractivity contribution is 0.0943. The van der Waals surface area contributed by atoms with E-state index in [4.69, 9.17) is 24.4 Å². The van der Waals surface area contributed by atoms with E-state index in [0.29, 0.717) is 22.3 Å². The first-order chi connectivity index (χ1) is 16.6. The molecular formula is C25H28N6OS2. The smallest absolute Gasteiger partial charge is 0.269 e. The molecule has 0 heterocycles. The number of hydrazine groups is 2. The summed E-state index contributed by atoms with van der Waals surface area (Å²) >= 11 is 10.5. The van der Waals surface area contributed by atoms with Gasteiger partial charge in [0.25, 0.3) is 5.91 Å². The van der Waals surface area contributed by atoms with Gasteiger partial charge in [-0.15, -0.1) is 0 Å². The Kier molecular flexibility index (Phi) is 10.1. The summed E-state index contributed by atoms with van der Waals surface area (Å²) in [6.07, 6.45) is 1.72. The molecule has 6 N–H and O–H groups in total. The number of carbonyl (C=O) groups is 1. The molecule has 0 aromatic heterocycles. The van der Waals surface area contributed by atoms with E-state index in [1.165, 1.54) is 11.1 Å². The topological polar surface area (TPSA) is 89.2 Å². The molecule has 176 valence electrons. The summed E-state index contributed by atoms with van der Waals surface area (Å²) in [7, 11) is 0. The number of carbonyl (C=O) groups excluding carboxylic acids is 1. The third-order valence-electron chi connectivity index (χ3n) is 4.84. The highest BCUT2D eigenvalue weighted by molar-refractivity contribution is 7.80. The third-order valence-corrected chi connectivity index (χ3v) is 5.33. The molecule has 3 aromatic rings. The van der Waals surface area contributed by atoms with Crippen LogP contribution >= 0.6 is 24.4 Å². The molecule has 34 heavy (non-hydrogen) atoms. The van der Waals surface area contributed by atoms with Crippen LogP contribution in [0.1, 0.15) is 21.5 Å². The van der Waals surface area contributed by atoms with Gasteiger partial charge in [0.2, 0.25) is 0 Å². The number of hydrogen-bond acceptors (Lipinski definition) is 4. The average Bonchev–Trinajstić information content (AvgIpc) is 2.87. The van der Waals surface area contributed by atoms with Crippen molar-refractivity contribution in [2.75, 3.05) is 18.5 Å². The van der Waals surface area contributed by atoms with Gasteiger partial charge in [-0.1, -0.05) is 60.7 Å². The van der Waals surface area contributed by atoms with Crippen molar-refractivity contribution in [3.8, 4) is 0 Å². The van der Waals surface area contributed by atoms with Crippen LogP contribution in [-0.2, 0) is 12.8 Å². The van der Waals surface area contributed by atoms with Gasteiger partial charge in [-0.3, -0.25) is 26.5 Å². The molecule has 0 radical (unpaired) electrons. The fourth-order valence-corrected chi connectivity index (χ4v) is 3.34. The van der Waals surface area contributed by atoms with Crippen molar-refractivity contribution >= 4 is 46.3 Å². The molecule has 1 amide bonds. The molecular weight excluding hydrogens is 464 g/mol. The Morgan fingerprint density at radius 1 is 0.618 bits per heavy atom. The van der Waals surface area contributed by atoms with E-state index in [-0.39, 0.29) is 5.91 Å². The minimum Gasteiger partial charge on any atom is -0.361 e. The molecule has 0 saturated carbocycles. The fourth-order valence-electron chi connectivity index (χ4n) is 3.04. The molecule has 0 spiro atoms. The van der Waals surface area contributed by atoms with Crippen LogP contribution < -0.4 is 32.3 Å². The maximum atomic E-state index is 12.3. The van der Waals surface area contributed by atoms with Gasteiger partial charge >= 0.3 is 0 Å². The van der Waals surface area contributed by atoms with Crippen LogP contribution in [0.2, 0.25) is 0 Å². The van der Waals surface area contributed by atoms with Gasteiger partial charge in [0.1, 0.15) is 0 Å². The van der Waals surface area contributed by atoms with Gasteiger partial charge in [0, 0.05) is 18.7 Å². The number of anilines is 1. The zero-order valence-corrected chi connectivity index (χ0v) is 20.3. The van der Waals surface area contributed by atoms with E-state index in [2.05, 4.69) is 56.6 Å². The lowest BCUT2D eigenvalue weighted by Gasteiger charge is -2.13. The number of amides is 1. The van der Waals surface area contributed by atoms with Gasteiger partial charge in [-0.2, -0.15) is 0 Å². The SMILES string of the molecule is O=C(NNC(=S)NCCc1ccccc1)c1ccc(NNC(=S)NCCc2ccccc2)cc1. The predicted molar refractivity (Wildman–Crippen MR) is 145 cm³/mol. The molecule has 0 bridgehead atoms. The maximum Gasteiger partial charge on any atom is 0.269 e. The minimum atomic E-state index is -0.287. The standard InChI is InChI=1S/C25H28N6OS2/c32-23(29-31-25(34)27-18-16-20-9-5-2-6-10-20)21-11-13-22(14-12-21)28-30-24(33)26-17-15-19-7-3-1-4-8-19/h1-14,28H,15-18H2,(H,29,32)(H2,26,30,33)(H2,27,31,34). The maximum absolute atomic E-state index is 12.3. The van der Waals surface area contributed by atoms with Crippen LogP contribution in [0.4, 0.5) is 5.69 Å². The molecule has 0 aliphatic carbocycles. The summed E-state index contributed by atoms with van der Waals surface area (Å²) in [5.41, 5.74) is 15.0. The normalized spacial score (nSPS) is 10.0. The van der Waals surface area contributed by atoms with Crippen LogP contribution in [-0.4, -0.2) is 29.2 Å². The van der Waals surface area contributed by atoms with Gasteiger partial charge < -0.3 is 10.6 Å². The van der Waals surface area contributed by atoms with Crippen LogP contribution in [0.15, 0.2) is 84.9 Å². The second-order valence-corrected chi connectivity index (χ2v) is 8.21. The summed E-state index contributed by atoms with van der Waals surface area (Å²) in [4.78, 5) is 12.3. The van der Waals surface area contributed by atoms with Crippen molar-refractivity contribution in [3.63, 3.8) is 0 Å². The van der Waals surface area contributed by atoms with Crippen molar-refractivity contribution in [1.82, 2.24) is 26.9 Å². The highest BCUT2D eigenvalue weighted by atomic mass is 32.1. The number of hydrogen-bond donors (Lipinski definition) is 6. The van der Waals surface area contributed by atoms with Crippen LogP contribution in [0, 0.1) is 0 Å². The second-order valence-electron chi connectivity index (χ2n) is 7.39. The largest absolute Gasteiger partial charge is 0.361 e. The highest BCUT2D eigenvalue weighted by Crippen LogP contribution is 2.08. The van der Waals surface area contributed by atoms with Crippen LogP contribution in [0.5, 0.6) is 0 Å². The Morgan fingerprint density at radius 3 is 1.65 bits per heavy atom. The molecule has 3 aromatic carbocycles. The van der Waals surface area contributed by atoms with Crippen molar-refractivity contribution in [2.45, 2.75) is 12.8 Å². The average molecular weight is 493 g/mol. The molecule has 0 saturated heterocycles. The third kappa shape index (κ3) is 9.05. The summed E-state index contributed by atoms with van der Waals surface area (Å²) < 4.78 is 0. The van der Waals surface area contributed by atoms with E-state index in [0.717, 1.165) is 25.1 Å². The highest BCUT2D eigenvalue weighted by Gasteiger charge is 2.06. The quantitative estimate of drug-likeness (QED) is 0.201. The van der Waals surface area contributed by atoms with E-state index in [9.17, 15) is 4.79 Å². The summed E-state index contributed by atoms with van der Waals surface area (Å²) in [6.45, 7) is 1.40. The Hall–Kier alpha value is -3.69. The van der Waals surface area contributed by atoms with Crippen LogP contribution in [0.25, 0.3) is 0 Å². The molecule has 0 aliphatic rings. The predicted octanol–water partition coefficient (Wildman–Crippen LogP) is 3.07. The van der Waals surface area contributed by atoms with Gasteiger partial charge in [-0.05, 0) is 72.7 Å². The zero-order valence-electron chi connectivity index (χ0n) is 18.6. The molecule has 7 nitrogen and oxygen atoms in total. The lowest BCUT2D eigenvalue weighted by atomic mass is 10.1. The van der Waals surface area contributed by atoms with Crippen molar-refractivity contribution in [2.24, 2.45) is 0 Å². The first kappa shape index (κ1) is 24.9. The minimum absolute atomic E-state index is 0.287. The van der Waals surface area contributed by atoms with Crippen molar-refractivity contribution in [1.29, 1.82) is 0 Å². The molecule has 3 rings (SSSR count). The zero-order chi connectivity index (χ0) is 24.0. The Morgan fingerprint density at radius 2 is 1.12 bits per heavy atom. The van der Waals surface area contributed by atoms with Gasteiger partial charge in [-0.25, -0.2) is 0 Å². The first-order valence-corrected chi connectivity index (χ1v) is 11.7. The van der Waals surface area contributed by atoms with E-state index in [1.54, 1.807) is 24.3 Å². The number of benzene rings is 3. The Bertz CT molecular complexity index is 1060. The fraction of sp³-hybridized carbons (Fsp3) is 0.160. The number of thiocarbonyl (C=S) groups is 2. The van der Waals surface area contributed by atoms with Gasteiger partial charge in [0.05, 0.1) is 5.69 Å². The molecule has 0 unspecified atom stereocenters. The van der Waals surface area contributed by atoms with Crippen molar-refractivity contribution < 1.29 is 4.79 Å². The first-order valence-electron chi connectivity index (χ1n) is 10.9. The van der Waals surface area contributed by atoms with Crippen molar-refractivity contribution in [3.05, 3.63) is 102 Å². The summed E-state index contributed by atoms with van der Waals surface area (Å²) in [6, 6.07) is 27.3.